The topological polar surface area (TPSA) is 21.3 Å². The maximum atomic E-state index is 5.30. The molecular weight excluding hydrogens is 254 g/mol. The first-order chi connectivity index (χ1) is 7.27. The van der Waals surface area contributed by atoms with Crippen LogP contribution in [0.15, 0.2) is 22.7 Å². The highest BCUT2D eigenvalue weighted by Crippen LogP contribution is 2.22. The predicted octanol–water partition coefficient (Wildman–Crippen LogP) is 3.35. The van der Waals surface area contributed by atoms with E-state index in [2.05, 4.69) is 34.2 Å². The van der Waals surface area contributed by atoms with Gasteiger partial charge in [-0.3, -0.25) is 0 Å². The largest absolute Gasteiger partial charge is 0.496 e. The van der Waals surface area contributed by atoms with Gasteiger partial charge in [-0.25, -0.2) is 0 Å². The van der Waals surface area contributed by atoms with Crippen molar-refractivity contribution < 1.29 is 4.74 Å². The normalized spacial score (nSPS) is 10.3. The van der Waals surface area contributed by atoms with Gasteiger partial charge in [0.05, 0.1) is 7.11 Å². The van der Waals surface area contributed by atoms with E-state index in [1.807, 2.05) is 12.1 Å². The van der Waals surface area contributed by atoms with Gasteiger partial charge in [0.1, 0.15) is 5.75 Å². The lowest BCUT2D eigenvalue weighted by molar-refractivity contribution is 0.407. The summed E-state index contributed by atoms with van der Waals surface area (Å²) in [7, 11) is 1.71. The summed E-state index contributed by atoms with van der Waals surface area (Å²) in [6.45, 7) is 4.12. The third-order valence-electron chi connectivity index (χ3n) is 2.27. The van der Waals surface area contributed by atoms with Crippen LogP contribution in [0.25, 0.3) is 0 Å². The Labute approximate surface area is 100 Å². The molecule has 84 valence electrons. The van der Waals surface area contributed by atoms with Crippen molar-refractivity contribution in [2.75, 3.05) is 13.7 Å². The van der Waals surface area contributed by atoms with Gasteiger partial charge in [-0.2, -0.15) is 0 Å². The van der Waals surface area contributed by atoms with Crippen molar-refractivity contribution in [2.24, 2.45) is 0 Å². The molecule has 1 aromatic rings. The fraction of sp³-hybridized carbons (Fsp3) is 0.500. The van der Waals surface area contributed by atoms with E-state index >= 15 is 0 Å². The summed E-state index contributed by atoms with van der Waals surface area (Å²) < 4.78 is 6.39. The molecule has 3 heteroatoms. The lowest BCUT2D eigenvalue weighted by Gasteiger charge is -2.09. The van der Waals surface area contributed by atoms with Gasteiger partial charge in [0.15, 0.2) is 0 Å². The van der Waals surface area contributed by atoms with Crippen LogP contribution in [0, 0.1) is 0 Å². The molecule has 0 radical (unpaired) electrons. The van der Waals surface area contributed by atoms with E-state index in [0.29, 0.717) is 0 Å². The van der Waals surface area contributed by atoms with E-state index in [-0.39, 0.29) is 0 Å². The van der Waals surface area contributed by atoms with Gasteiger partial charge in [-0.15, -0.1) is 0 Å². The number of unbranched alkanes of at least 4 members (excludes halogenated alkanes) is 1. The minimum Gasteiger partial charge on any atom is -0.496 e. The smallest absolute Gasteiger partial charge is 0.123 e. The van der Waals surface area contributed by atoms with Gasteiger partial charge in [0, 0.05) is 16.6 Å². The van der Waals surface area contributed by atoms with E-state index in [0.717, 1.165) is 23.3 Å². The first-order valence-corrected chi connectivity index (χ1v) is 6.10. The molecule has 0 saturated heterocycles. The molecule has 1 rings (SSSR count). The summed E-state index contributed by atoms with van der Waals surface area (Å²) in [5.41, 5.74) is 1.20. The van der Waals surface area contributed by atoms with Gasteiger partial charge in [-0.05, 0) is 31.2 Å². The average Bonchev–Trinajstić information content (AvgIpc) is 2.25. The molecule has 0 unspecified atom stereocenters. The zero-order valence-electron chi connectivity index (χ0n) is 9.35. The Morgan fingerprint density at radius 2 is 2.20 bits per heavy atom. The van der Waals surface area contributed by atoms with Crippen LogP contribution in [-0.4, -0.2) is 13.7 Å². The Balaban J connectivity index is 2.54. The Morgan fingerprint density at radius 3 is 2.87 bits per heavy atom. The summed E-state index contributed by atoms with van der Waals surface area (Å²) in [6.07, 6.45) is 2.44. The molecule has 2 nitrogen and oxygen atoms in total. The molecule has 0 aliphatic carbocycles. The van der Waals surface area contributed by atoms with Gasteiger partial charge in [0.25, 0.3) is 0 Å². The molecule has 0 aromatic heterocycles. The number of rotatable bonds is 6. The van der Waals surface area contributed by atoms with Crippen LogP contribution < -0.4 is 10.1 Å². The maximum Gasteiger partial charge on any atom is 0.123 e. The minimum absolute atomic E-state index is 0.864. The van der Waals surface area contributed by atoms with Crippen LogP contribution in [0.1, 0.15) is 25.3 Å². The number of halogens is 1. The molecule has 1 aromatic carbocycles. The van der Waals surface area contributed by atoms with Crippen molar-refractivity contribution in [2.45, 2.75) is 26.3 Å². The summed E-state index contributed by atoms with van der Waals surface area (Å²) >= 11 is 3.46. The van der Waals surface area contributed by atoms with E-state index in [1.54, 1.807) is 7.11 Å². The van der Waals surface area contributed by atoms with Crippen LogP contribution in [0.5, 0.6) is 5.75 Å². The minimum atomic E-state index is 0.864. The van der Waals surface area contributed by atoms with E-state index < -0.39 is 0 Å². The molecule has 0 heterocycles. The molecular formula is C12H18BrNO. The first-order valence-electron chi connectivity index (χ1n) is 5.31. The fourth-order valence-corrected chi connectivity index (χ4v) is 1.82. The van der Waals surface area contributed by atoms with Crippen molar-refractivity contribution in [1.29, 1.82) is 0 Å². The SMILES string of the molecule is CCCCNCc1cc(Br)ccc1OC. The molecule has 0 bridgehead atoms. The molecule has 15 heavy (non-hydrogen) atoms. The second kappa shape index (κ2) is 6.85. The predicted molar refractivity (Wildman–Crippen MR) is 67.3 cm³/mol. The fourth-order valence-electron chi connectivity index (χ4n) is 1.41. The summed E-state index contributed by atoms with van der Waals surface area (Å²) in [5.74, 6) is 0.946. The van der Waals surface area contributed by atoms with Crippen LogP contribution in [0.2, 0.25) is 0 Å². The second-order valence-corrected chi connectivity index (χ2v) is 4.40. The van der Waals surface area contributed by atoms with E-state index in [4.69, 9.17) is 4.74 Å². The molecule has 0 spiro atoms. The van der Waals surface area contributed by atoms with Crippen molar-refractivity contribution in [3.8, 4) is 5.75 Å². The Kier molecular flexibility index (Phi) is 5.73. The van der Waals surface area contributed by atoms with E-state index in [9.17, 15) is 0 Å². The molecule has 1 N–H and O–H groups in total. The molecule has 0 aliphatic rings. The number of hydrogen-bond acceptors (Lipinski definition) is 2. The zero-order valence-corrected chi connectivity index (χ0v) is 10.9. The van der Waals surface area contributed by atoms with Gasteiger partial charge in [0.2, 0.25) is 0 Å². The Hall–Kier alpha value is -0.540. The van der Waals surface area contributed by atoms with Crippen molar-refractivity contribution in [1.82, 2.24) is 5.32 Å². The van der Waals surface area contributed by atoms with Gasteiger partial charge >= 0.3 is 0 Å². The highest BCUT2D eigenvalue weighted by atomic mass is 79.9. The molecule has 0 fully saturated rings. The highest BCUT2D eigenvalue weighted by Gasteiger charge is 2.02. The van der Waals surface area contributed by atoms with Crippen molar-refractivity contribution >= 4 is 15.9 Å². The molecule has 0 amide bonds. The summed E-state index contributed by atoms with van der Waals surface area (Å²) in [4.78, 5) is 0. The zero-order chi connectivity index (χ0) is 11.1. The van der Waals surface area contributed by atoms with Crippen LogP contribution in [0.4, 0.5) is 0 Å². The standard InChI is InChI=1S/C12H18BrNO/c1-3-4-7-14-9-10-8-11(13)5-6-12(10)15-2/h5-6,8,14H,3-4,7,9H2,1-2H3. The average molecular weight is 272 g/mol. The monoisotopic (exact) mass is 271 g/mol. The number of hydrogen-bond donors (Lipinski definition) is 1. The van der Waals surface area contributed by atoms with Gasteiger partial charge < -0.3 is 10.1 Å². The Bertz CT molecular complexity index is 302. The lowest BCUT2D eigenvalue weighted by atomic mass is 10.2. The van der Waals surface area contributed by atoms with E-state index in [1.165, 1.54) is 18.4 Å². The molecule has 0 atom stereocenters. The summed E-state index contributed by atoms with van der Waals surface area (Å²) in [6, 6.07) is 6.08. The third kappa shape index (κ3) is 4.22. The van der Waals surface area contributed by atoms with Crippen LogP contribution >= 0.6 is 15.9 Å². The quantitative estimate of drug-likeness (QED) is 0.802. The number of methoxy groups -OCH3 is 1. The van der Waals surface area contributed by atoms with Crippen LogP contribution in [0.3, 0.4) is 0 Å². The molecule has 0 aliphatic heterocycles. The number of benzene rings is 1. The van der Waals surface area contributed by atoms with Crippen LogP contribution in [-0.2, 0) is 6.54 Å². The lowest BCUT2D eigenvalue weighted by Crippen LogP contribution is -2.15. The van der Waals surface area contributed by atoms with Crippen molar-refractivity contribution in [3.05, 3.63) is 28.2 Å². The number of nitrogens with one attached hydrogen (secondary N) is 1. The number of ether oxygens (including phenoxy) is 1. The van der Waals surface area contributed by atoms with Crippen molar-refractivity contribution in [3.63, 3.8) is 0 Å². The molecule has 0 saturated carbocycles. The Morgan fingerprint density at radius 1 is 1.40 bits per heavy atom. The third-order valence-corrected chi connectivity index (χ3v) is 2.76. The highest BCUT2D eigenvalue weighted by molar-refractivity contribution is 9.10. The maximum absolute atomic E-state index is 5.30. The summed E-state index contributed by atoms with van der Waals surface area (Å²) in [5, 5.41) is 3.40. The first kappa shape index (κ1) is 12.5. The second-order valence-electron chi connectivity index (χ2n) is 3.49. The van der Waals surface area contributed by atoms with Gasteiger partial charge in [-0.1, -0.05) is 29.3 Å².